The maximum atomic E-state index is 6.42. The van der Waals surface area contributed by atoms with Crippen LogP contribution in [-0.4, -0.2) is 19.8 Å². The molecule has 0 amide bonds. The van der Waals surface area contributed by atoms with Crippen LogP contribution in [0.5, 0.6) is 0 Å². The van der Waals surface area contributed by atoms with E-state index in [0.29, 0.717) is 12.0 Å². The summed E-state index contributed by atoms with van der Waals surface area (Å²) >= 11 is 9.89. The lowest BCUT2D eigenvalue weighted by Crippen LogP contribution is -2.32. The van der Waals surface area contributed by atoms with Crippen LogP contribution in [0.25, 0.3) is 0 Å². The van der Waals surface area contributed by atoms with E-state index in [-0.39, 0.29) is 0 Å². The van der Waals surface area contributed by atoms with Gasteiger partial charge in [0.05, 0.1) is 0 Å². The molecule has 1 aromatic rings. The van der Waals surface area contributed by atoms with Gasteiger partial charge in [0.2, 0.25) is 0 Å². The van der Waals surface area contributed by atoms with Crippen molar-refractivity contribution in [3.8, 4) is 0 Å². The number of rotatable bonds is 5. The normalized spacial score (nSPS) is 18.5. The van der Waals surface area contributed by atoms with E-state index in [9.17, 15) is 0 Å². The van der Waals surface area contributed by atoms with E-state index >= 15 is 0 Å². The van der Waals surface area contributed by atoms with Crippen LogP contribution < -0.4 is 5.32 Å². The second-order valence-corrected chi connectivity index (χ2v) is 6.37. The van der Waals surface area contributed by atoms with Crippen LogP contribution in [0.1, 0.15) is 37.8 Å². The second kappa shape index (κ2) is 7.63. The number of benzene rings is 1. The smallest absolute Gasteiger partial charge is 0.0469 e. The molecule has 0 bridgehead atoms. The highest BCUT2D eigenvalue weighted by molar-refractivity contribution is 9.10. The van der Waals surface area contributed by atoms with Crippen LogP contribution in [0.3, 0.4) is 0 Å². The largest absolute Gasteiger partial charge is 0.381 e. The lowest BCUT2D eigenvalue weighted by molar-refractivity contribution is 0.0536. The Labute approximate surface area is 129 Å². The summed E-state index contributed by atoms with van der Waals surface area (Å²) in [5.74, 6) is 0.610. The Morgan fingerprint density at radius 2 is 2.16 bits per heavy atom. The molecule has 0 radical (unpaired) electrons. The Bertz CT molecular complexity index is 407. The Hall–Kier alpha value is -0.0900. The average Bonchev–Trinajstić information content (AvgIpc) is 2.42. The van der Waals surface area contributed by atoms with Gasteiger partial charge in [-0.1, -0.05) is 40.5 Å². The monoisotopic (exact) mass is 345 g/mol. The molecule has 1 aliphatic heterocycles. The molecule has 1 heterocycles. The van der Waals surface area contributed by atoms with Gasteiger partial charge in [0.1, 0.15) is 0 Å². The van der Waals surface area contributed by atoms with E-state index in [4.69, 9.17) is 16.3 Å². The molecule has 0 saturated carbocycles. The van der Waals surface area contributed by atoms with Gasteiger partial charge in [-0.25, -0.2) is 0 Å². The van der Waals surface area contributed by atoms with Crippen molar-refractivity contribution in [3.63, 3.8) is 0 Å². The standard InChI is InChI=1S/C15H21BrClNO/c1-2-7-18-15(11-5-8-19-9-6-11)13-4-3-12(16)10-14(13)17/h3-4,10-11,15,18H,2,5-9H2,1H3. The van der Waals surface area contributed by atoms with Crippen LogP contribution in [0, 0.1) is 5.92 Å². The molecule has 1 saturated heterocycles. The molecule has 0 spiro atoms. The third-order valence-corrected chi connectivity index (χ3v) is 4.47. The highest BCUT2D eigenvalue weighted by atomic mass is 79.9. The summed E-state index contributed by atoms with van der Waals surface area (Å²) in [7, 11) is 0. The molecule has 2 nitrogen and oxygen atoms in total. The van der Waals surface area contributed by atoms with E-state index in [2.05, 4.69) is 40.3 Å². The number of halogens is 2. The first-order valence-corrected chi connectivity index (χ1v) is 8.15. The molecule has 1 unspecified atom stereocenters. The first kappa shape index (κ1) is 15.3. The lowest BCUT2D eigenvalue weighted by atomic mass is 9.87. The van der Waals surface area contributed by atoms with E-state index in [1.165, 1.54) is 5.56 Å². The van der Waals surface area contributed by atoms with Gasteiger partial charge in [-0.15, -0.1) is 0 Å². The fourth-order valence-electron chi connectivity index (χ4n) is 2.63. The molecule has 0 aliphatic carbocycles. The minimum absolute atomic E-state index is 0.337. The zero-order valence-electron chi connectivity index (χ0n) is 11.3. The van der Waals surface area contributed by atoms with Crippen molar-refractivity contribution in [2.45, 2.75) is 32.2 Å². The Morgan fingerprint density at radius 3 is 2.79 bits per heavy atom. The van der Waals surface area contributed by atoms with Crippen molar-refractivity contribution in [1.29, 1.82) is 0 Å². The molecule has 4 heteroatoms. The Balaban J connectivity index is 2.19. The molecule has 2 rings (SSSR count). The van der Waals surface area contributed by atoms with Gasteiger partial charge in [-0.3, -0.25) is 0 Å². The zero-order chi connectivity index (χ0) is 13.7. The molecular formula is C15H21BrClNO. The molecule has 1 N–H and O–H groups in total. The van der Waals surface area contributed by atoms with Gasteiger partial charge < -0.3 is 10.1 Å². The fourth-order valence-corrected chi connectivity index (χ4v) is 3.42. The van der Waals surface area contributed by atoms with Crippen molar-refractivity contribution in [1.82, 2.24) is 5.32 Å². The van der Waals surface area contributed by atoms with Gasteiger partial charge >= 0.3 is 0 Å². The molecule has 1 fully saturated rings. The molecular weight excluding hydrogens is 326 g/mol. The van der Waals surface area contributed by atoms with Crippen molar-refractivity contribution in [2.24, 2.45) is 5.92 Å². The van der Waals surface area contributed by atoms with Crippen LogP contribution in [0.4, 0.5) is 0 Å². The SMILES string of the molecule is CCCNC(c1ccc(Br)cc1Cl)C1CCOCC1. The van der Waals surface area contributed by atoms with Crippen LogP contribution in [0.2, 0.25) is 5.02 Å². The summed E-state index contributed by atoms with van der Waals surface area (Å²) in [6.07, 6.45) is 3.34. The molecule has 1 aliphatic rings. The summed E-state index contributed by atoms with van der Waals surface area (Å²) in [6, 6.07) is 6.53. The summed E-state index contributed by atoms with van der Waals surface area (Å²) in [5.41, 5.74) is 1.21. The molecule has 0 aromatic heterocycles. The summed E-state index contributed by atoms with van der Waals surface area (Å²) in [5, 5.41) is 4.50. The van der Waals surface area contributed by atoms with E-state index in [0.717, 1.165) is 48.5 Å². The number of nitrogens with one attached hydrogen (secondary N) is 1. The van der Waals surface area contributed by atoms with Gasteiger partial charge in [-0.2, -0.15) is 0 Å². The van der Waals surface area contributed by atoms with Crippen LogP contribution in [0.15, 0.2) is 22.7 Å². The van der Waals surface area contributed by atoms with Crippen molar-refractivity contribution in [3.05, 3.63) is 33.3 Å². The fraction of sp³-hybridized carbons (Fsp3) is 0.600. The predicted molar refractivity (Wildman–Crippen MR) is 83.7 cm³/mol. The maximum absolute atomic E-state index is 6.42. The maximum Gasteiger partial charge on any atom is 0.0469 e. The Kier molecular flexibility index (Phi) is 6.14. The summed E-state index contributed by atoms with van der Waals surface area (Å²) in [6.45, 7) is 4.94. The van der Waals surface area contributed by atoms with Crippen LogP contribution in [-0.2, 0) is 4.74 Å². The molecule has 1 atom stereocenters. The quantitative estimate of drug-likeness (QED) is 0.843. The minimum Gasteiger partial charge on any atom is -0.381 e. The van der Waals surface area contributed by atoms with Crippen molar-refractivity contribution >= 4 is 27.5 Å². The lowest BCUT2D eigenvalue weighted by Gasteiger charge is -2.32. The molecule has 19 heavy (non-hydrogen) atoms. The summed E-state index contributed by atoms with van der Waals surface area (Å²) in [4.78, 5) is 0. The number of hydrogen-bond donors (Lipinski definition) is 1. The van der Waals surface area contributed by atoms with Gasteiger partial charge in [0.15, 0.2) is 0 Å². The zero-order valence-corrected chi connectivity index (χ0v) is 13.6. The van der Waals surface area contributed by atoms with E-state index in [1.54, 1.807) is 0 Å². The number of ether oxygens (including phenoxy) is 1. The van der Waals surface area contributed by atoms with Gasteiger partial charge in [-0.05, 0) is 49.4 Å². The predicted octanol–water partition coefficient (Wildman–Crippen LogP) is 4.57. The highest BCUT2D eigenvalue weighted by Gasteiger charge is 2.26. The first-order chi connectivity index (χ1) is 9.22. The van der Waals surface area contributed by atoms with Crippen molar-refractivity contribution in [2.75, 3.05) is 19.8 Å². The van der Waals surface area contributed by atoms with E-state index < -0.39 is 0 Å². The van der Waals surface area contributed by atoms with Crippen LogP contribution >= 0.6 is 27.5 Å². The first-order valence-electron chi connectivity index (χ1n) is 6.98. The van der Waals surface area contributed by atoms with Crippen molar-refractivity contribution < 1.29 is 4.74 Å². The summed E-state index contributed by atoms with van der Waals surface area (Å²) < 4.78 is 6.50. The molecule has 1 aromatic carbocycles. The molecule has 106 valence electrons. The Morgan fingerprint density at radius 1 is 1.42 bits per heavy atom. The third kappa shape index (κ3) is 4.19. The number of hydrogen-bond acceptors (Lipinski definition) is 2. The average molecular weight is 347 g/mol. The van der Waals surface area contributed by atoms with E-state index in [1.807, 2.05) is 6.07 Å². The second-order valence-electron chi connectivity index (χ2n) is 5.05. The minimum atomic E-state index is 0.337. The van der Waals surface area contributed by atoms with Gasteiger partial charge in [0, 0.05) is 28.8 Å². The highest BCUT2D eigenvalue weighted by Crippen LogP contribution is 2.35. The van der Waals surface area contributed by atoms with Gasteiger partial charge in [0.25, 0.3) is 0 Å². The topological polar surface area (TPSA) is 21.3 Å². The third-order valence-electron chi connectivity index (χ3n) is 3.65.